The molecule has 0 spiro atoms. The first-order valence-electron chi connectivity index (χ1n) is 10.9. The van der Waals surface area contributed by atoms with E-state index < -0.39 is 0 Å². The molecule has 1 fully saturated rings. The van der Waals surface area contributed by atoms with E-state index in [0.29, 0.717) is 35.6 Å². The fourth-order valence-electron chi connectivity index (χ4n) is 4.11. The lowest BCUT2D eigenvalue weighted by atomic mass is 10.1. The molecular formula is C22H32ClN5O2. The van der Waals surface area contributed by atoms with Gasteiger partial charge in [-0.05, 0) is 45.4 Å². The summed E-state index contributed by atoms with van der Waals surface area (Å²) in [6, 6.07) is 5.31. The number of amides is 2. The Hall–Kier alpha value is -2.12. The van der Waals surface area contributed by atoms with E-state index in [2.05, 4.69) is 31.0 Å². The molecule has 2 atom stereocenters. The van der Waals surface area contributed by atoms with Crippen molar-refractivity contribution in [3.05, 3.63) is 39.4 Å². The lowest BCUT2D eigenvalue weighted by Gasteiger charge is -2.42. The molecule has 0 bridgehead atoms. The second-order valence-corrected chi connectivity index (χ2v) is 8.42. The Morgan fingerprint density at radius 3 is 2.77 bits per heavy atom. The molecule has 30 heavy (non-hydrogen) atoms. The molecule has 2 unspecified atom stereocenters. The summed E-state index contributed by atoms with van der Waals surface area (Å²) in [6.45, 7) is 11.6. The number of benzene rings is 1. The molecule has 1 N–H and O–H groups in total. The lowest BCUT2D eigenvalue weighted by Crippen LogP contribution is -2.57. The van der Waals surface area contributed by atoms with E-state index in [4.69, 9.17) is 16.6 Å². The van der Waals surface area contributed by atoms with Crippen molar-refractivity contribution in [1.29, 1.82) is 0 Å². The molecule has 1 aromatic heterocycles. The molecule has 7 nitrogen and oxygen atoms in total. The number of unbranched alkanes of at least 4 members (excludes halogenated alkanes) is 1. The highest BCUT2D eigenvalue weighted by Gasteiger charge is 2.31. The Bertz CT molecular complexity index is 960. The number of carbonyl (C=O) groups is 1. The summed E-state index contributed by atoms with van der Waals surface area (Å²) < 4.78 is 1.73. The number of nitrogens with one attached hydrogen (secondary N) is 1. The van der Waals surface area contributed by atoms with Crippen molar-refractivity contribution in [2.45, 2.75) is 59.2 Å². The van der Waals surface area contributed by atoms with E-state index in [0.717, 1.165) is 31.8 Å². The summed E-state index contributed by atoms with van der Waals surface area (Å²) in [5.74, 6) is 0.755. The van der Waals surface area contributed by atoms with Gasteiger partial charge in [-0.15, -0.1) is 0 Å². The van der Waals surface area contributed by atoms with Crippen LogP contribution in [0.5, 0.6) is 0 Å². The molecule has 0 radical (unpaired) electrons. The van der Waals surface area contributed by atoms with Crippen LogP contribution in [0.3, 0.4) is 0 Å². The Morgan fingerprint density at radius 2 is 2.10 bits per heavy atom. The molecule has 8 heteroatoms. The van der Waals surface area contributed by atoms with Crippen molar-refractivity contribution in [3.63, 3.8) is 0 Å². The minimum absolute atomic E-state index is 0.00873. The van der Waals surface area contributed by atoms with Gasteiger partial charge in [0.25, 0.3) is 5.56 Å². The minimum atomic E-state index is -0.0613. The van der Waals surface area contributed by atoms with Gasteiger partial charge in [-0.2, -0.15) is 0 Å². The van der Waals surface area contributed by atoms with Gasteiger partial charge in [-0.25, -0.2) is 9.78 Å². The molecule has 164 valence electrons. The van der Waals surface area contributed by atoms with Crippen molar-refractivity contribution in [2.75, 3.05) is 26.2 Å². The van der Waals surface area contributed by atoms with Crippen LogP contribution < -0.4 is 10.9 Å². The molecule has 0 aliphatic carbocycles. The summed E-state index contributed by atoms with van der Waals surface area (Å²) in [4.78, 5) is 34.5. The van der Waals surface area contributed by atoms with Gasteiger partial charge in [0.1, 0.15) is 5.82 Å². The van der Waals surface area contributed by atoms with Gasteiger partial charge in [-0.3, -0.25) is 14.3 Å². The standard InChI is InChI=1S/C22H32ClN5O2/c1-5-7-10-24-22(30)28-12-11-26(14-15(28)3)16(4)20-25-19-9-8-17(23)13-18(19)21(29)27(20)6-2/h8-9,13,15-16H,5-7,10-12,14H2,1-4H3,(H,24,30). The fraction of sp³-hybridized carbons (Fsp3) is 0.591. The Balaban J connectivity index is 1.80. The number of fused-ring (bicyclic) bond motifs is 1. The number of urea groups is 1. The molecule has 1 aromatic carbocycles. The van der Waals surface area contributed by atoms with Crippen LogP contribution in [-0.2, 0) is 6.54 Å². The molecule has 1 aliphatic rings. The van der Waals surface area contributed by atoms with Crippen molar-refractivity contribution < 1.29 is 4.79 Å². The number of carbonyl (C=O) groups excluding carboxylic acids is 1. The van der Waals surface area contributed by atoms with Crippen LogP contribution in [-0.4, -0.2) is 57.6 Å². The first-order chi connectivity index (χ1) is 14.4. The zero-order chi connectivity index (χ0) is 21.8. The largest absolute Gasteiger partial charge is 0.338 e. The third kappa shape index (κ3) is 4.62. The first kappa shape index (κ1) is 22.6. The highest BCUT2D eigenvalue weighted by atomic mass is 35.5. The van der Waals surface area contributed by atoms with Gasteiger partial charge in [0.2, 0.25) is 0 Å². The van der Waals surface area contributed by atoms with Crippen molar-refractivity contribution >= 4 is 28.5 Å². The van der Waals surface area contributed by atoms with Gasteiger partial charge in [0, 0.05) is 43.8 Å². The van der Waals surface area contributed by atoms with Crippen molar-refractivity contribution in [1.82, 2.24) is 24.7 Å². The lowest BCUT2D eigenvalue weighted by molar-refractivity contribution is 0.0746. The van der Waals surface area contributed by atoms with E-state index in [1.807, 2.05) is 11.8 Å². The third-order valence-corrected chi connectivity index (χ3v) is 6.14. The van der Waals surface area contributed by atoms with Crippen LogP contribution in [0.2, 0.25) is 5.02 Å². The maximum Gasteiger partial charge on any atom is 0.317 e. The highest BCUT2D eigenvalue weighted by molar-refractivity contribution is 6.31. The molecular weight excluding hydrogens is 402 g/mol. The molecule has 3 rings (SSSR count). The van der Waals surface area contributed by atoms with Crippen LogP contribution >= 0.6 is 11.6 Å². The van der Waals surface area contributed by atoms with Gasteiger partial charge >= 0.3 is 6.03 Å². The van der Waals surface area contributed by atoms with Gasteiger partial charge in [0.05, 0.1) is 16.9 Å². The molecule has 1 aliphatic heterocycles. The molecule has 2 heterocycles. The summed E-state index contributed by atoms with van der Waals surface area (Å²) in [5, 5.41) is 4.09. The van der Waals surface area contributed by atoms with E-state index in [1.165, 1.54) is 0 Å². The van der Waals surface area contributed by atoms with E-state index >= 15 is 0 Å². The van der Waals surface area contributed by atoms with Crippen LogP contribution in [0.15, 0.2) is 23.0 Å². The van der Waals surface area contributed by atoms with Gasteiger partial charge in [0.15, 0.2) is 0 Å². The number of halogens is 1. The van der Waals surface area contributed by atoms with Crippen LogP contribution in [0, 0.1) is 0 Å². The van der Waals surface area contributed by atoms with E-state index in [-0.39, 0.29) is 23.7 Å². The number of hydrogen-bond donors (Lipinski definition) is 1. The van der Waals surface area contributed by atoms with E-state index in [9.17, 15) is 9.59 Å². The Morgan fingerprint density at radius 1 is 1.33 bits per heavy atom. The van der Waals surface area contributed by atoms with E-state index in [1.54, 1.807) is 22.8 Å². The average Bonchev–Trinajstić information content (AvgIpc) is 2.73. The zero-order valence-electron chi connectivity index (χ0n) is 18.3. The van der Waals surface area contributed by atoms with Crippen LogP contribution in [0.4, 0.5) is 4.79 Å². The monoisotopic (exact) mass is 433 g/mol. The number of piperazine rings is 1. The fourth-order valence-corrected chi connectivity index (χ4v) is 4.28. The number of aromatic nitrogens is 2. The second kappa shape index (κ2) is 9.79. The summed E-state index contributed by atoms with van der Waals surface area (Å²) in [7, 11) is 0. The summed E-state index contributed by atoms with van der Waals surface area (Å²) in [5.41, 5.74) is 0.603. The van der Waals surface area contributed by atoms with Gasteiger partial charge in [-0.1, -0.05) is 24.9 Å². The quantitative estimate of drug-likeness (QED) is 0.706. The number of rotatable bonds is 6. The Kier molecular flexibility index (Phi) is 7.36. The maximum absolute atomic E-state index is 13.0. The topological polar surface area (TPSA) is 70.5 Å². The number of hydrogen-bond acceptors (Lipinski definition) is 4. The van der Waals surface area contributed by atoms with Crippen molar-refractivity contribution in [2.24, 2.45) is 0 Å². The first-order valence-corrected chi connectivity index (χ1v) is 11.2. The minimum Gasteiger partial charge on any atom is -0.338 e. The molecule has 0 saturated carbocycles. The zero-order valence-corrected chi connectivity index (χ0v) is 19.1. The average molecular weight is 434 g/mol. The van der Waals surface area contributed by atoms with Crippen LogP contribution in [0.25, 0.3) is 10.9 Å². The smallest absolute Gasteiger partial charge is 0.317 e. The maximum atomic E-state index is 13.0. The van der Waals surface area contributed by atoms with Crippen LogP contribution in [0.1, 0.15) is 52.4 Å². The molecule has 2 aromatic rings. The predicted octanol–water partition coefficient (Wildman–Crippen LogP) is 3.65. The highest BCUT2D eigenvalue weighted by Crippen LogP contribution is 2.24. The molecule has 2 amide bonds. The predicted molar refractivity (Wildman–Crippen MR) is 121 cm³/mol. The molecule has 1 saturated heterocycles. The second-order valence-electron chi connectivity index (χ2n) is 7.98. The third-order valence-electron chi connectivity index (χ3n) is 5.91. The normalized spacial score (nSPS) is 18.6. The summed E-state index contributed by atoms with van der Waals surface area (Å²) in [6.07, 6.45) is 2.05. The van der Waals surface area contributed by atoms with Gasteiger partial charge < -0.3 is 10.2 Å². The van der Waals surface area contributed by atoms with Crippen molar-refractivity contribution in [3.8, 4) is 0 Å². The summed E-state index contributed by atoms with van der Waals surface area (Å²) >= 11 is 6.08. The SMILES string of the molecule is CCCCNC(=O)N1CCN(C(C)c2nc3ccc(Cl)cc3c(=O)n2CC)CC1C. The Labute approximate surface area is 183 Å². The number of nitrogens with zero attached hydrogens (tertiary/aromatic N) is 4.